The second-order valence-corrected chi connectivity index (χ2v) is 11.5. The van der Waals surface area contributed by atoms with Crippen LogP contribution in [-0.4, -0.2) is 33.4 Å². The Morgan fingerprint density at radius 3 is 2.66 bits per heavy atom. The molecule has 6 nitrogen and oxygen atoms in total. The number of carbonyl (C=O) groups excluding carboxylic acids is 4. The second-order valence-electron chi connectivity index (χ2n) is 10.4. The van der Waals surface area contributed by atoms with E-state index < -0.39 is 23.7 Å². The topological polar surface area (TPSA) is 91.8 Å². The van der Waals surface area contributed by atoms with Crippen molar-refractivity contribution >= 4 is 34.7 Å². The van der Waals surface area contributed by atoms with Crippen LogP contribution in [0.15, 0.2) is 82.8 Å². The number of thiophene rings is 1. The van der Waals surface area contributed by atoms with Gasteiger partial charge in [0.25, 0.3) is 0 Å². The van der Waals surface area contributed by atoms with Gasteiger partial charge in [0.05, 0.1) is 18.4 Å². The Kier molecular flexibility index (Phi) is 5.91. The van der Waals surface area contributed by atoms with E-state index in [2.05, 4.69) is 6.58 Å². The first-order chi connectivity index (χ1) is 18.3. The Labute approximate surface area is 224 Å². The molecule has 3 aliphatic carbocycles. The van der Waals surface area contributed by atoms with E-state index in [0.29, 0.717) is 40.7 Å². The molecule has 1 saturated heterocycles. The molecule has 1 aliphatic heterocycles. The number of para-hydroxylation sites is 1. The Morgan fingerprint density at radius 1 is 1.11 bits per heavy atom. The standard InChI is InChI=1S/C31H27NO5S/c1-3-6-17-7-4-9-20(29(17)35)25-19-10-11-21-26(31(37)32(30(21)36)15-18-8-5-12-38-18)22(19)14-23-24(33)13-16(2)28(34)27(23)25/h3-5,7-10,12-13,21-22,25-26,35H,1,6,11,14-15H2,2H3/t21-,22+,25+,26-/m0/s1. The van der Waals surface area contributed by atoms with Crippen molar-refractivity contribution in [2.75, 3.05) is 0 Å². The Bertz CT molecular complexity index is 1510. The second kappa shape index (κ2) is 9.17. The van der Waals surface area contributed by atoms with E-state index in [4.69, 9.17) is 0 Å². The highest BCUT2D eigenvalue weighted by molar-refractivity contribution is 7.09. The summed E-state index contributed by atoms with van der Waals surface area (Å²) in [6.45, 7) is 5.65. The lowest BCUT2D eigenvalue weighted by Gasteiger charge is -2.42. The number of likely N-dealkylation sites (tertiary alicyclic amines) is 1. The summed E-state index contributed by atoms with van der Waals surface area (Å²) in [5.74, 6) is -2.97. The highest BCUT2D eigenvalue weighted by atomic mass is 32.1. The number of benzene rings is 1. The molecule has 1 N–H and O–H groups in total. The van der Waals surface area contributed by atoms with Crippen LogP contribution < -0.4 is 0 Å². The third-order valence-electron chi connectivity index (χ3n) is 8.38. The fraction of sp³-hybridized carbons (Fsp3) is 0.290. The average molecular weight is 526 g/mol. The maximum atomic E-state index is 13.8. The first-order valence-electron chi connectivity index (χ1n) is 12.8. The van der Waals surface area contributed by atoms with Crippen LogP contribution in [0.5, 0.6) is 5.75 Å². The van der Waals surface area contributed by atoms with E-state index in [1.807, 2.05) is 35.7 Å². The summed E-state index contributed by atoms with van der Waals surface area (Å²) in [6.07, 6.45) is 6.10. The predicted molar refractivity (Wildman–Crippen MR) is 143 cm³/mol. The maximum Gasteiger partial charge on any atom is 0.234 e. The molecule has 0 radical (unpaired) electrons. The van der Waals surface area contributed by atoms with E-state index in [9.17, 15) is 24.3 Å². The molecule has 0 saturated carbocycles. The van der Waals surface area contributed by atoms with Gasteiger partial charge in [0, 0.05) is 33.1 Å². The molecule has 1 fully saturated rings. The number of hydrogen-bond acceptors (Lipinski definition) is 6. The molecule has 1 aromatic carbocycles. The average Bonchev–Trinajstić information content (AvgIpc) is 3.50. The minimum atomic E-state index is -0.663. The molecule has 7 heteroatoms. The van der Waals surface area contributed by atoms with Crippen molar-refractivity contribution in [1.82, 2.24) is 4.90 Å². The minimum Gasteiger partial charge on any atom is -0.507 e. The zero-order chi connectivity index (χ0) is 26.7. The third kappa shape index (κ3) is 3.60. The van der Waals surface area contributed by atoms with Crippen molar-refractivity contribution in [3.05, 3.63) is 98.8 Å². The Hall–Kier alpha value is -3.84. The molecule has 0 unspecified atom stereocenters. The Morgan fingerprint density at radius 2 is 1.92 bits per heavy atom. The highest BCUT2D eigenvalue weighted by Gasteiger charge is 2.56. The summed E-state index contributed by atoms with van der Waals surface area (Å²) in [7, 11) is 0. The van der Waals surface area contributed by atoms with Gasteiger partial charge in [-0.15, -0.1) is 17.9 Å². The van der Waals surface area contributed by atoms with Crippen LogP contribution >= 0.6 is 11.3 Å². The summed E-state index contributed by atoms with van der Waals surface area (Å²) in [5.41, 5.74) is 3.18. The van der Waals surface area contributed by atoms with Gasteiger partial charge in [-0.05, 0) is 55.2 Å². The summed E-state index contributed by atoms with van der Waals surface area (Å²) in [4.78, 5) is 56.3. The largest absolute Gasteiger partial charge is 0.507 e. The molecule has 1 aromatic heterocycles. The monoisotopic (exact) mass is 525 g/mol. The van der Waals surface area contributed by atoms with Gasteiger partial charge in [0.1, 0.15) is 5.75 Å². The smallest absolute Gasteiger partial charge is 0.234 e. The number of rotatable bonds is 5. The molecule has 0 bridgehead atoms. The number of phenols is 1. The Balaban J connectivity index is 1.48. The lowest BCUT2D eigenvalue weighted by molar-refractivity contribution is -0.140. The number of carbonyl (C=O) groups is 4. The van der Waals surface area contributed by atoms with Gasteiger partial charge in [-0.3, -0.25) is 24.1 Å². The molecule has 4 aliphatic rings. The van der Waals surface area contributed by atoms with Crippen molar-refractivity contribution in [2.45, 2.75) is 38.6 Å². The van der Waals surface area contributed by atoms with Crippen LogP contribution in [0.25, 0.3) is 0 Å². The maximum absolute atomic E-state index is 13.8. The quantitative estimate of drug-likeness (QED) is 0.344. The highest BCUT2D eigenvalue weighted by Crippen LogP contribution is 2.56. The van der Waals surface area contributed by atoms with Crippen LogP contribution in [0, 0.1) is 17.8 Å². The number of phenolic OH excluding ortho intramolecular Hbond substituents is 1. The molecule has 192 valence electrons. The number of fused-ring (bicyclic) bond motifs is 3. The van der Waals surface area contributed by atoms with Crippen LogP contribution in [0.4, 0.5) is 0 Å². The number of nitrogens with zero attached hydrogens (tertiary/aromatic N) is 1. The molecule has 6 rings (SSSR count). The molecular formula is C31H27NO5S. The van der Waals surface area contributed by atoms with Crippen LogP contribution in [0.1, 0.15) is 41.7 Å². The van der Waals surface area contributed by atoms with Gasteiger partial charge < -0.3 is 5.11 Å². The van der Waals surface area contributed by atoms with Crippen LogP contribution in [0.3, 0.4) is 0 Å². The summed E-state index contributed by atoms with van der Waals surface area (Å²) >= 11 is 1.50. The predicted octanol–water partition coefficient (Wildman–Crippen LogP) is 4.81. The normalized spacial score (nSPS) is 26.6. The van der Waals surface area contributed by atoms with Crippen molar-refractivity contribution in [1.29, 1.82) is 0 Å². The van der Waals surface area contributed by atoms with E-state index in [0.717, 1.165) is 10.5 Å². The van der Waals surface area contributed by atoms with Gasteiger partial charge >= 0.3 is 0 Å². The van der Waals surface area contributed by atoms with Crippen LogP contribution in [-0.2, 0) is 32.1 Å². The first kappa shape index (κ1) is 24.5. The number of aromatic hydroxyl groups is 1. The van der Waals surface area contributed by atoms with E-state index in [-0.39, 0.29) is 42.1 Å². The minimum absolute atomic E-state index is 0.0634. The van der Waals surface area contributed by atoms with Crippen molar-refractivity contribution in [3.63, 3.8) is 0 Å². The van der Waals surface area contributed by atoms with E-state index >= 15 is 0 Å². The van der Waals surface area contributed by atoms with E-state index in [1.54, 1.807) is 19.1 Å². The zero-order valence-corrected chi connectivity index (χ0v) is 21.8. The molecular weight excluding hydrogens is 498 g/mol. The molecule has 38 heavy (non-hydrogen) atoms. The number of Topliss-reactive ketones (excluding diaryl/α,β-unsaturated/α-hetero) is 1. The first-order valence-corrected chi connectivity index (χ1v) is 13.7. The van der Waals surface area contributed by atoms with Gasteiger partial charge in [-0.2, -0.15) is 0 Å². The van der Waals surface area contributed by atoms with Gasteiger partial charge in [0.2, 0.25) is 11.8 Å². The van der Waals surface area contributed by atoms with Crippen molar-refractivity contribution in [3.8, 4) is 5.75 Å². The number of ketones is 2. The van der Waals surface area contributed by atoms with Gasteiger partial charge in [0.15, 0.2) is 11.6 Å². The lowest BCUT2D eigenvalue weighted by Crippen LogP contribution is -2.39. The van der Waals surface area contributed by atoms with Crippen molar-refractivity contribution < 1.29 is 24.3 Å². The fourth-order valence-electron chi connectivity index (χ4n) is 6.66. The zero-order valence-electron chi connectivity index (χ0n) is 21.0. The molecule has 2 heterocycles. The molecule has 0 spiro atoms. The summed E-state index contributed by atoms with van der Waals surface area (Å²) in [6, 6.07) is 9.22. The number of hydrogen-bond donors (Lipinski definition) is 1. The fourth-order valence-corrected chi connectivity index (χ4v) is 7.35. The van der Waals surface area contributed by atoms with Gasteiger partial charge in [-0.25, -0.2) is 0 Å². The van der Waals surface area contributed by atoms with Crippen LogP contribution in [0.2, 0.25) is 0 Å². The van der Waals surface area contributed by atoms with Crippen molar-refractivity contribution in [2.24, 2.45) is 17.8 Å². The number of imide groups is 1. The summed E-state index contributed by atoms with van der Waals surface area (Å²) < 4.78 is 0. The van der Waals surface area contributed by atoms with E-state index in [1.165, 1.54) is 22.3 Å². The molecule has 2 aromatic rings. The third-order valence-corrected chi connectivity index (χ3v) is 9.24. The van der Waals surface area contributed by atoms with Gasteiger partial charge in [-0.1, -0.05) is 42.0 Å². The lowest BCUT2D eigenvalue weighted by atomic mass is 9.59. The summed E-state index contributed by atoms with van der Waals surface area (Å²) in [5, 5.41) is 13.2. The molecule has 4 atom stereocenters. The number of amides is 2. The molecule has 2 amide bonds. The SMILES string of the molecule is C=CCc1cccc([C@H]2C3=CC[C@@H]4C(=O)N(Cc5cccs5)C(=O)[C@@H]4[C@@H]3CC3=C2C(=O)C(C)=CC3=O)c1O. The number of allylic oxidation sites excluding steroid dienone is 7.